The van der Waals surface area contributed by atoms with Gasteiger partial charge in [-0.05, 0) is 15.9 Å². The maximum absolute atomic E-state index is 11.6. The molecule has 1 aliphatic rings. The lowest BCUT2D eigenvalue weighted by atomic mass is 10.2. The topological polar surface area (TPSA) is 105 Å². The Morgan fingerprint density at radius 3 is 3.06 bits per heavy atom. The maximum atomic E-state index is 11.6. The molecule has 0 bridgehead atoms. The molecule has 3 N–H and O–H groups in total. The third kappa shape index (κ3) is 2.34. The highest BCUT2D eigenvalue weighted by molar-refractivity contribution is 9.10. The number of aromatic nitrogens is 2. The van der Waals surface area contributed by atoms with Gasteiger partial charge >= 0.3 is 5.69 Å². The molecule has 1 fully saturated rings. The van der Waals surface area contributed by atoms with Gasteiger partial charge in [-0.25, -0.2) is 4.79 Å². The first-order chi connectivity index (χ1) is 8.56. The van der Waals surface area contributed by atoms with Crippen LogP contribution in [-0.4, -0.2) is 40.0 Å². The average molecular weight is 309 g/mol. The maximum Gasteiger partial charge on any atom is 0.330 e. The van der Waals surface area contributed by atoms with Gasteiger partial charge in [0.05, 0.1) is 17.2 Å². The first kappa shape index (κ1) is 11.1. The van der Waals surface area contributed by atoms with E-state index in [1.165, 1.54) is 10.8 Å². The molecular formula is C9H11BrN2O5. The zero-order chi connectivity index (χ0) is 13.3. The van der Waals surface area contributed by atoms with Gasteiger partial charge < -0.3 is 15.0 Å². The number of aliphatic hydroxyl groups excluding tert-OH is 2. The summed E-state index contributed by atoms with van der Waals surface area (Å²) in [6, 6.07) is 0. The van der Waals surface area contributed by atoms with Crippen molar-refractivity contribution >= 4 is 15.9 Å². The summed E-state index contributed by atoms with van der Waals surface area (Å²) in [5.74, 6) is 0. The fourth-order valence-corrected chi connectivity index (χ4v) is 2.03. The molecule has 2 heterocycles. The van der Waals surface area contributed by atoms with Crippen LogP contribution in [0.1, 0.15) is 12.6 Å². The number of aromatic amines is 1. The molecule has 2 rings (SSSR count). The number of hydrogen-bond acceptors (Lipinski definition) is 5. The molecule has 0 unspecified atom stereocenters. The summed E-state index contributed by atoms with van der Waals surface area (Å²) in [5.41, 5.74) is -1.14. The molecule has 1 aliphatic heterocycles. The molecule has 0 saturated carbocycles. The number of nitrogens with zero attached hydrogens (tertiary/aromatic N) is 1. The minimum atomic E-state index is -0.682. The molecule has 7 nitrogen and oxygen atoms in total. The van der Waals surface area contributed by atoms with E-state index in [2.05, 4.69) is 26.0 Å². The van der Waals surface area contributed by atoms with Crippen LogP contribution in [0, 0.1) is 0 Å². The van der Waals surface area contributed by atoms with Crippen molar-refractivity contribution in [3.63, 3.8) is 0 Å². The third-order valence-electron chi connectivity index (χ3n) is 2.60. The minimum absolute atomic E-state index is 0.196. The van der Waals surface area contributed by atoms with Crippen LogP contribution in [0.25, 0.3) is 0 Å². The van der Waals surface area contributed by atoms with Crippen LogP contribution >= 0.6 is 15.9 Å². The second-order valence-corrected chi connectivity index (χ2v) is 4.58. The Morgan fingerprint density at radius 2 is 2.47 bits per heavy atom. The highest BCUT2D eigenvalue weighted by Crippen LogP contribution is 2.27. The molecule has 17 heavy (non-hydrogen) atoms. The van der Waals surface area contributed by atoms with Crippen molar-refractivity contribution in [2.24, 2.45) is 0 Å². The van der Waals surface area contributed by atoms with Crippen molar-refractivity contribution in [3.05, 3.63) is 31.5 Å². The van der Waals surface area contributed by atoms with Crippen molar-refractivity contribution in [2.45, 2.75) is 24.9 Å². The van der Waals surface area contributed by atoms with Crippen LogP contribution < -0.4 is 11.2 Å². The first-order valence-corrected chi connectivity index (χ1v) is 5.75. The fraction of sp³-hybridized carbons (Fsp3) is 0.556. The predicted molar refractivity (Wildman–Crippen MR) is 60.6 cm³/mol. The molecule has 0 amide bonds. The van der Waals surface area contributed by atoms with Gasteiger partial charge in [0.2, 0.25) is 1.43 Å². The van der Waals surface area contributed by atoms with Gasteiger partial charge in [-0.2, -0.15) is 0 Å². The number of hydrogen-bond donors (Lipinski definition) is 3. The highest BCUT2D eigenvalue weighted by Gasteiger charge is 2.35. The fourth-order valence-electron chi connectivity index (χ4n) is 1.71. The van der Waals surface area contributed by atoms with Gasteiger partial charge in [-0.15, -0.1) is 0 Å². The van der Waals surface area contributed by atoms with Crippen LogP contribution in [0.2, 0.25) is 0 Å². The Morgan fingerprint density at radius 1 is 1.71 bits per heavy atom. The standard InChI is InChI=1S/C9H11BrN2O5/c10-4-2-12(9(16)11-8(4)15)7-1-5(14)6(3-13)17-7/h2,5-7,13-14H,1,3H2,(H,11,15,16)/t5-,6-,7-/m1/s1/i14T. The number of H-pyrrole nitrogens is 1. The van der Waals surface area contributed by atoms with Gasteiger partial charge in [0.1, 0.15) is 12.3 Å². The second-order valence-electron chi connectivity index (χ2n) is 3.73. The summed E-state index contributed by atoms with van der Waals surface area (Å²) in [4.78, 5) is 24.9. The van der Waals surface area contributed by atoms with E-state index in [0.717, 1.165) is 0 Å². The number of rotatable bonds is 3. The molecule has 1 aromatic heterocycles. The summed E-state index contributed by atoms with van der Waals surface area (Å²) in [6.07, 6.45) is -0.402. The lowest BCUT2D eigenvalue weighted by Crippen LogP contribution is -2.32. The van der Waals surface area contributed by atoms with Crippen molar-refractivity contribution < 1.29 is 15.0 Å². The van der Waals surface area contributed by atoms with Gasteiger partial charge in [0.15, 0.2) is 0 Å². The average Bonchev–Trinajstić information content (AvgIpc) is 2.76. The lowest BCUT2D eigenvalue weighted by Gasteiger charge is -2.14. The van der Waals surface area contributed by atoms with E-state index >= 15 is 0 Å². The van der Waals surface area contributed by atoms with Gasteiger partial charge in [-0.3, -0.25) is 14.3 Å². The van der Waals surface area contributed by atoms with E-state index in [-0.39, 0.29) is 17.5 Å². The van der Waals surface area contributed by atoms with E-state index in [4.69, 9.17) is 11.3 Å². The Bertz CT molecular complexity index is 532. The molecule has 0 spiro atoms. The molecule has 3 atom stereocenters. The van der Waals surface area contributed by atoms with Crippen molar-refractivity contribution in [2.75, 3.05) is 6.61 Å². The van der Waals surface area contributed by atoms with E-state index in [1.54, 1.807) is 0 Å². The van der Waals surface area contributed by atoms with Gasteiger partial charge in [0.25, 0.3) is 5.56 Å². The third-order valence-corrected chi connectivity index (χ3v) is 3.16. The summed E-state index contributed by atoms with van der Waals surface area (Å²) in [6.45, 7) is -0.306. The van der Waals surface area contributed by atoms with Crippen LogP contribution in [-0.2, 0) is 4.74 Å². The minimum Gasteiger partial charge on any atom is -0.394 e. The van der Waals surface area contributed by atoms with Crippen molar-refractivity contribution in [1.82, 2.24) is 9.55 Å². The summed E-state index contributed by atoms with van der Waals surface area (Å²) >= 11 is 3.01. The van der Waals surface area contributed by atoms with Crippen LogP contribution in [0.3, 0.4) is 0 Å². The number of ether oxygens (including phenoxy) is 1. The van der Waals surface area contributed by atoms with Crippen molar-refractivity contribution in [1.29, 1.82) is 1.43 Å². The van der Waals surface area contributed by atoms with E-state index in [9.17, 15) is 9.59 Å². The van der Waals surface area contributed by atoms with E-state index in [0.29, 0.717) is 0 Å². The molecule has 1 aromatic rings. The molecule has 0 aliphatic carbocycles. The quantitative estimate of drug-likeness (QED) is 0.660. The predicted octanol–water partition coefficient (Wildman–Crippen LogP) is -1.06. The number of halogens is 1. The lowest BCUT2D eigenvalue weighted by molar-refractivity contribution is -0.0459. The monoisotopic (exact) mass is 308 g/mol. The Hall–Kier alpha value is -0.960. The molecule has 94 valence electrons. The van der Waals surface area contributed by atoms with Crippen molar-refractivity contribution in [3.8, 4) is 0 Å². The number of nitrogens with one attached hydrogen (secondary N) is 1. The Balaban J connectivity index is 2.31. The first-order valence-electron chi connectivity index (χ1n) is 5.37. The molecule has 0 radical (unpaired) electrons. The van der Waals surface area contributed by atoms with Gasteiger partial charge in [0, 0.05) is 12.6 Å². The van der Waals surface area contributed by atoms with E-state index in [1.807, 2.05) is 0 Å². The smallest absolute Gasteiger partial charge is 0.330 e. The number of aliphatic hydroxyl groups is 2. The molecule has 8 heteroatoms. The normalized spacial score (nSPS) is 29.3. The Kier molecular flexibility index (Phi) is 3.10. The zero-order valence-corrected chi connectivity index (χ0v) is 10.2. The van der Waals surface area contributed by atoms with Crippen LogP contribution in [0.4, 0.5) is 0 Å². The SMILES string of the molecule is [3H]O[C@@H]1C[C@H](n2cc(Br)c(=O)[nH]c2=O)O[C@@H]1CO. The van der Waals surface area contributed by atoms with Crippen LogP contribution in [0.15, 0.2) is 20.3 Å². The molecule has 0 aromatic carbocycles. The Labute approximate surface area is 105 Å². The van der Waals surface area contributed by atoms with Crippen LogP contribution in [0.5, 0.6) is 0 Å². The largest absolute Gasteiger partial charge is 0.394 e. The van der Waals surface area contributed by atoms with E-state index < -0.39 is 29.7 Å². The summed E-state index contributed by atoms with van der Waals surface area (Å²) in [5, 5.41) is 13.5. The summed E-state index contributed by atoms with van der Waals surface area (Å²) in [7, 11) is 0. The molecular weight excluding hydrogens is 296 g/mol. The van der Waals surface area contributed by atoms with Gasteiger partial charge in [-0.1, -0.05) is 0 Å². The molecule has 1 saturated heterocycles. The second kappa shape index (κ2) is 4.73. The highest BCUT2D eigenvalue weighted by atomic mass is 79.9. The summed E-state index contributed by atoms with van der Waals surface area (Å²) < 4.78 is 13.7. The zero-order valence-electron chi connectivity index (χ0n) is 9.63.